The van der Waals surface area contributed by atoms with Gasteiger partial charge in [-0.2, -0.15) is 0 Å². The van der Waals surface area contributed by atoms with Gasteiger partial charge in [-0.3, -0.25) is 4.40 Å². The third-order valence-corrected chi connectivity index (χ3v) is 2.95. The van der Waals surface area contributed by atoms with Gasteiger partial charge < -0.3 is 10.1 Å². The molecule has 0 spiro atoms. The van der Waals surface area contributed by atoms with Crippen LogP contribution in [0.1, 0.15) is 5.56 Å². The molecule has 0 radical (unpaired) electrons. The molecule has 96 valence electrons. The number of pyridine rings is 1. The quantitative estimate of drug-likeness (QED) is 0.777. The summed E-state index contributed by atoms with van der Waals surface area (Å²) < 4.78 is 7.94. The molecule has 4 nitrogen and oxygen atoms in total. The zero-order valence-electron chi connectivity index (χ0n) is 10.7. The summed E-state index contributed by atoms with van der Waals surface area (Å²) in [6, 6.07) is 13.8. The molecule has 3 aromatic rings. The van der Waals surface area contributed by atoms with Gasteiger partial charge in [-0.1, -0.05) is 24.3 Å². The summed E-state index contributed by atoms with van der Waals surface area (Å²) in [7, 11) is 1.92. The Bertz CT molecular complexity index is 690. The van der Waals surface area contributed by atoms with Crippen molar-refractivity contribution in [2.75, 3.05) is 7.05 Å². The van der Waals surface area contributed by atoms with Crippen LogP contribution >= 0.6 is 0 Å². The lowest BCUT2D eigenvalue weighted by Crippen LogP contribution is -2.06. The SMILES string of the molecule is CNCc1ccccc1Oc1cccc2nccn12. The molecule has 0 amide bonds. The van der Waals surface area contributed by atoms with Gasteiger partial charge in [0, 0.05) is 24.5 Å². The largest absolute Gasteiger partial charge is 0.440 e. The highest BCUT2D eigenvalue weighted by atomic mass is 16.5. The molecule has 0 aliphatic heterocycles. The molecule has 2 heterocycles. The van der Waals surface area contributed by atoms with Crippen molar-refractivity contribution in [3.8, 4) is 11.6 Å². The first kappa shape index (κ1) is 11.7. The van der Waals surface area contributed by atoms with Gasteiger partial charge in [0.25, 0.3) is 0 Å². The summed E-state index contributed by atoms with van der Waals surface area (Å²) in [4.78, 5) is 4.25. The van der Waals surface area contributed by atoms with Crippen LogP contribution in [0, 0.1) is 0 Å². The molecule has 0 fully saturated rings. The van der Waals surface area contributed by atoms with Crippen LogP contribution in [0.4, 0.5) is 0 Å². The first-order valence-corrected chi connectivity index (χ1v) is 6.21. The molecule has 3 rings (SSSR count). The Labute approximate surface area is 111 Å². The van der Waals surface area contributed by atoms with Gasteiger partial charge >= 0.3 is 0 Å². The maximum atomic E-state index is 6.02. The van der Waals surface area contributed by atoms with Crippen molar-refractivity contribution in [1.29, 1.82) is 0 Å². The van der Waals surface area contributed by atoms with Gasteiger partial charge in [0.1, 0.15) is 11.4 Å². The van der Waals surface area contributed by atoms with E-state index >= 15 is 0 Å². The van der Waals surface area contributed by atoms with E-state index in [1.54, 1.807) is 6.20 Å². The normalized spacial score (nSPS) is 10.8. The summed E-state index contributed by atoms with van der Waals surface area (Å²) in [5.41, 5.74) is 2.01. The van der Waals surface area contributed by atoms with E-state index in [2.05, 4.69) is 16.4 Å². The molecule has 0 atom stereocenters. The Morgan fingerprint density at radius 1 is 1.16 bits per heavy atom. The van der Waals surface area contributed by atoms with Crippen LogP contribution in [0.2, 0.25) is 0 Å². The predicted molar refractivity (Wildman–Crippen MR) is 74.5 cm³/mol. The van der Waals surface area contributed by atoms with Gasteiger partial charge in [0.15, 0.2) is 0 Å². The average molecular weight is 253 g/mol. The third kappa shape index (κ3) is 2.30. The number of ether oxygens (including phenoxy) is 1. The number of nitrogens with zero attached hydrogens (tertiary/aromatic N) is 2. The van der Waals surface area contributed by atoms with Crippen molar-refractivity contribution in [3.63, 3.8) is 0 Å². The van der Waals surface area contributed by atoms with Crippen LogP contribution in [0.5, 0.6) is 11.6 Å². The van der Waals surface area contributed by atoms with Crippen molar-refractivity contribution in [2.45, 2.75) is 6.54 Å². The first-order chi connectivity index (χ1) is 9.38. The third-order valence-electron chi connectivity index (χ3n) is 2.95. The molecule has 1 aromatic carbocycles. The summed E-state index contributed by atoms with van der Waals surface area (Å²) >= 11 is 0. The molecular weight excluding hydrogens is 238 g/mol. The highest BCUT2D eigenvalue weighted by Crippen LogP contribution is 2.25. The van der Waals surface area contributed by atoms with E-state index in [1.807, 2.05) is 54.0 Å². The summed E-state index contributed by atoms with van der Waals surface area (Å²) in [5, 5.41) is 3.14. The molecule has 4 heteroatoms. The van der Waals surface area contributed by atoms with Crippen LogP contribution < -0.4 is 10.1 Å². The zero-order valence-corrected chi connectivity index (χ0v) is 10.7. The maximum Gasteiger partial charge on any atom is 0.205 e. The van der Waals surface area contributed by atoms with Crippen LogP contribution in [0.25, 0.3) is 5.65 Å². The highest BCUT2D eigenvalue weighted by molar-refractivity contribution is 5.44. The fourth-order valence-electron chi connectivity index (χ4n) is 2.06. The second-order valence-corrected chi connectivity index (χ2v) is 4.26. The first-order valence-electron chi connectivity index (χ1n) is 6.21. The van der Waals surface area contributed by atoms with Gasteiger partial charge in [-0.15, -0.1) is 0 Å². The van der Waals surface area contributed by atoms with E-state index in [1.165, 1.54) is 0 Å². The van der Waals surface area contributed by atoms with Crippen LogP contribution in [-0.2, 0) is 6.54 Å². The van der Waals surface area contributed by atoms with Crippen molar-refractivity contribution in [3.05, 3.63) is 60.4 Å². The Hall–Kier alpha value is -2.33. The van der Waals surface area contributed by atoms with E-state index in [9.17, 15) is 0 Å². The van der Waals surface area contributed by atoms with Crippen molar-refractivity contribution in [2.24, 2.45) is 0 Å². The summed E-state index contributed by atoms with van der Waals surface area (Å²) in [6.07, 6.45) is 3.66. The molecule has 0 unspecified atom stereocenters. The molecule has 0 bridgehead atoms. The van der Waals surface area contributed by atoms with E-state index < -0.39 is 0 Å². The molecule has 0 aliphatic rings. The number of hydrogen-bond donors (Lipinski definition) is 1. The predicted octanol–water partition coefficient (Wildman–Crippen LogP) is 2.85. The zero-order chi connectivity index (χ0) is 13.1. The lowest BCUT2D eigenvalue weighted by atomic mass is 10.2. The van der Waals surface area contributed by atoms with Gasteiger partial charge in [-0.25, -0.2) is 4.98 Å². The molecule has 0 saturated heterocycles. The van der Waals surface area contributed by atoms with Crippen LogP contribution in [0.3, 0.4) is 0 Å². The maximum absolute atomic E-state index is 6.02. The number of rotatable bonds is 4. The minimum atomic E-state index is 0.763. The van der Waals surface area contributed by atoms with Gasteiger partial charge in [0.2, 0.25) is 5.88 Å². The van der Waals surface area contributed by atoms with Crippen molar-refractivity contribution in [1.82, 2.24) is 14.7 Å². The van der Waals surface area contributed by atoms with Crippen LogP contribution in [0.15, 0.2) is 54.9 Å². The summed E-state index contributed by atoms with van der Waals surface area (Å²) in [6.45, 7) is 0.774. The van der Waals surface area contributed by atoms with E-state index in [-0.39, 0.29) is 0 Å². The number of hydrogen-bond acceptors (Lipinski definition) is 3. The number of nitrogens with one attached hydrogen (secondary N) is 1. The lowest BCUT2D eigenvalue weighted by Gasteiger charge is -2.11. The van der Waals surface area contributed by atoms with Crippen molar-refractivity contribution >= 4 is 5.65 Å². The second kappa shape index (κ2) is 5.12. The molecule has 0 aliphatic carbocycles. The number of fused-ring (bicyclic) bond motifs is 1. The van der Waals surface area contributed by atoms with Gasteiger partial charge in [-0.05, 0) is 25.2 Å². The minimum absolute atomic E-state index is 0.763. The Balaban J connectivity index is 1.99. The standard InChI is InChI=1S/C15H15N3O/c1-16-11-12-5-2-3-6-13(12)19-15-8-4-7-14-17-9-10-18(14)15/h2-10,16H,11H2,1H3. The Morgan fingerprint density at radius 3 is 2.95 bits per heavy atom. The van der Waals surface area contributed by atoms with Gasteiger partial charge in [0.05, 0.1) is 0 Å². The number of para-hydroxylation sites is 1. The van der Waals surface area contributed by atoms with E-state index in [0.29, 0.717) is 0 Å². The minimum Gasteiger partial charge on any atom is -0.440 e. The van der Waals surface area contributed by atoms with E-state index in [4.69, 9.17) is 4.74 Å². The molecule has 19 heavy (non-hydrogen) atoms. The number of aromatic nitrogens is 2. The monoisotopic (exact) mass is 253 g/mol. The van der Waals surface area contributed by atoms with Crippen molar-refractivity contribution < 1.29 is 4.74 Å². The molecule has 2 aromatic heterocycles. The molecule has 1 N–H and O–H groups in total. The Kier molecular flexibility index (Phi) is 3.16. The Morgan fingerprint density at radius 2 is 2.05 bits per heavy atom. The second-order valence-electron chi connectivity index (χ2n) is 4.26. The fraction of sp³-hybridized carbons (Fsp3) is 0.133. The fourth-order valence-corrected chi connectivity index (χ4v) is 2.06. The summed E-state index contributed by atoms with van der Waals surface area (Å²) in [5.74, 6) is 1.62. The smallest absolute Gasteiger partial charge is 0.205 e. The lowest BCUT2D eigenvalue weighted by molar-refractivity contribution is 0.449. The van der Waals surface area contributed by atoms with E-state index in [0.717, 1.165) is 29.4 Å². The van der Waals surface area contributed by atoms with Crippen LogP contribution in [-0.4, -0.2) is 16.4 Å². The molecule has 0 saturated carbocycles. The average Bonchev–Trinajstić information content (AvgIpc) is 2.91. The number of imidazole rings is 1. The highest BCUT2D eigenvalue weighted by Gasteiger charge is 2.06. The molecular formula is C15H15N3O. The number of benzene rings is 1. The topological polar surface area (TPSA) is 38.6 Å².